The van der Waals surface area contributed by atoms with Crippen LogP contribution < -0.4 is 10.6 Å². The van der Waals surface area contributed by atoms with Gasteiger partial charge in [0.2, 0.25) is 0 Å². The molecule has 0 radical (unpaired) electrons. The maximum absolute atomic E-state index is 12.1. The topological polar surface area (TPSA) is 108 Å². The van der Waals surface area contributed by atoms with Crippen LogP contribution in [0.15, 0.2) is 41.8 Å². The highest BCUT2D eigenvalue weighted by Crippen LogP contribution is 2.11. The first-order valence-corrected chi connectivity index (χ1v) is 8.64. The van der Waals surface area contributed by atoms with E-state index in [1.807, 2.05) is 6.07 Å². The van der Waals surface area contributed by atoms with Crippen LogP contribution in [0.2, 0.25) is 0 Å². The highest BCUT2D eigenvalue weighted by atomic mass is 32.1. The molecule has 0 aliphatic rings. The van der Waals surface area contributed by atoms with Crippen molar-refractivity contribution in [1.82, 2.24) is 5.32 Å². The van der Waals surface area contributed by atoms with Crippen molar-refractivity contribution in [3.8, 4) is 6.07 Å². The lowest BCUT2D eigenvalue weighted by Crippen LogP contribution is -2.42. The standard InChI is InChI=1S/C18H17N3O4S/c1-11(20-17(23)15-7-4-8-26-15)18(24)25-12(2)16(22)21-14-6-3-5-13(9-14)10-19/h3-9,11-12H,1-2H3,(H,20,23)(H,21,22). The number of hydrogen-bond acceptors (Lipinski definition) is 6. The van der Waals surface area contributed by atoms with Gasteiger partial charge in [-0.2, -0.15) is 5.26 Å². The van der Waals surface area contributed by atoms with Crippen LogP contribution in [0.5, 0.6) is 0 Å². The summed E-state index contributed by atoms with van der Waals surface area (Å²) in [7, 11) is 0. The van der Waals surface area contributed by atoms with Gasteiger partial charge in [0, 0.05) is 5.69 Å². The molecule has 2 atom stereocenters. The number of nitriles is 1. The number of esters is 1. The van der Waals surface area contributed by atoms with Crippen molar-refractivity contribution in [2.24, 2.45) is 0 Å². The van der Waals surface area contributed by atoms with Crippen molar-refractivity contribution >= 4 is 34.8 Å². The second-order valence-corrected chi connectivity index (χ2v) is 6.38. The van der Waals surface area contributed by atoms with Gasteiger partial charge in [-0.3, -0.25) is 9.59 Å². The van der Waals surface area contributed by atoms with Crippen LogP contribution in [0.25, 0.3) is 0 Å². The number of hydrogen-bond donors (Lipinski definition) is 2. The van der Waals surface area contributed by atoms with Crippen LogP contribution in [0.1, 0.15) is 29.1 Å². The lowest BCUT2D eigenvalue weighted by Gasteiger charge is -2.17. The van der Waals surface area contributed by atoms with E-state index in [1.54, 1.807) is 35.7 Å². The van der Waals surface area contributed by atoms with Gasteiger partial charge in [0.15, 0.2) is 6.10 Å². The van der Waals surface area contributed by atoms with Crippen molar-refractivity contribution in [2.45, 2.75) is 26.0 Å². The number of ether oxygens (including phenoxy) is 1. The molecule has 2 amide bonds. The molecule has 1 aromatic carbocycles. The number of nitrogens with zero attached hydrogens (tertiary/aromatic N) is 1. The summed E-state index contributed by atoms with van der Waals surface area (Å²) in [5, 5.41) is 15.7. The van der Waals surface area contributed by atoms with E-state index in [2.05, 4.69) is 10.6 Å². The minimum Gasteiger partial charge on any atom is -0.451 e. The molecule has 0 saturated carbocycles. The summed E-state index contributed by atoms with van der Waals surface area (Å²) in [5.41, 5.74) is 0.827. The van der Waals surface area contributed by atoms with Gasteiger partial charge < -0.3 is 15.4 Å². The fraction of sp³-hybridized carbons (Fsp3) is 0.222. The van der Waals surface area contributed by atoms with Crippen molar-refractivity contribution in [3.63, 3.8) is 0 Å². The predicted molar refractivity (Wildman–Crippen MR) is 96.6 cm³/mol. The molecule has 2 rings (SSSR count). The number of nitrogens with one attached hydrogen (secondary N) is 2. The Morgan fingerprint density at radius 1 is 1.19 bits per heavy atom. The normalized spacial score (nSPS) is 12.3. The third-order valence-electron chi connectivity index (χ3n) is 3.37. The van der Waals surface area contributed by atoms with E-state index in [0.717, 1.165) is 0 Å². The number of carbonyl (C=O) groups excluding carboxylic acids is 3. The summed E-state index contributed by atoms with van der Waals surface area (Å²) in [6.07, 6.45) is -1.06. The first kappa shape index (κ1) is 19.1. The summed E-state index contributed by atoms with van der Waals surface area (Å²) >= 11 is 1.26. The molecule has 8 heteroatoms. The summed E-state index contributed by atoms with van der Waals surface area (Å²) in [6.45, 7) is 2.91. The molecule has 2 N–H and O–H groups in total. The fourth-order valence-electron chi connectivity index (χ4n) is 1.97. The quantitative estimate of drug-likeness (QED) is 0.758. The second-order valence-electron chi connectivity index (χ2n) is 5.43. The van der Waals surface area contributed by atoms with E-state index < -0.39 is 24.0 Å². The van der Waals surface area contributed by atoms with Crippen LogP contribution in [0.4, 0.5) is 5.69 Å². The Morgan fingerprint density at radius 2 is 1.96 bits per heavy atom. The molecule has 0 spiro atoms. The second kappa shape index (κ2) is 8.78. The molecular formula is C18H17N3O4S. The summed E-state index contributed by atoms with van der Waals surface area (Å²) in [4.78, 5) is 36.6. The highest BCUT2D eigenvalue weighted by molar-refractivity contribution is 7.12. The first-order valence-electron chi connectivity index (χ1n) is 7.76. The molecule has 0 saturated heterocycles. The number of thiophene rings is 1. The average molecular weight is 371 g/mol. The Morgan fingerprint density at radius 3 is 2.62 bits per heavy atom. The number of rotatable bonds is 6. The lowest BCUT2D eigenvalue weighted by atomic mass is 10.2. The number of carbonyl (C=O) groups is 3. The molecule has 1 aromatic heterocycles. The minimum atomic E-state index is -1.06. The van der Waals surface area contributed by atoms with Gasteiger partial charge >= 0.3 is 5.97 Å². The largest absolute Gasteiger partial charge is 0.451 e. The Hall–Kier alpha value is -3.18. The molecule has 26 heavy (non-hydrogen) atoms. The monoisotopic (exact) mass is 371 g/mol. The van der Waals surface area contributed by atoms with Crippen LogP contribution >= 0.6 is 11.3 Å². The Balaban J connectivity index is 1.88. The molecule has 0 aliphatic carbocycles. The van der Waals surface area contributed by atoms with Gasteiger partial charge in [-0.25, -0.2) is 4.79 Å². The highest BCUT2D eigenvalue weighted by Gasteiger charge is 2.23. The van der Waals surface area contributed by atoms with Crippen LogP contribution in [-0.4, -0.2) is 29.9 Å². The molecular weight excluding hydrogens is 354 g/mol. The van der Waals surface area contributed by atoms with E-state index >= 15 is 0 Å². The molecule has 134 valence electrons. The summed E-state index contributed by atoms with van der Waals surface area (Å²) in [6, 6.07) is 10.8. The van der Waals surface area contributed by atoms with Crippen LogP contribution in [0.3, 0.4) is 0 Å². The summed E-state index contributed by atoms with van der Waals surface area (Å²) in [5.74, 6) is -1.64. The molecule has 1 heterocycles. The van der Waals surface area contributed by atoms with E-state index in [9.17, 15) is 14.4 Å². The molecule has 0 aliphatic heterocycles. The van der Waals surface area contributed by atoms with Crippen molar-refractivity contribution in [2.75, 3.05) is 5.32 Å². The molecule has 2 aromatic rings. The Bertz CT molecular complexity index is 842. The van der Waals surface area contributed by atoms with Crippen LogP contribution in [-0.2, 0) is 14.3 Å². The fourth-order valence-corrected chi connectivity index (χ4v) is 2.60. The van der Waals surface area contributed by atoms with Crippen molar-refractivity contribution < 1.29 is 19.1 Å². The molecule has 2 unspecified atom stereocenters. The average Bonchev–Trinajstić information content (AvgIpc) is 3.16. The smallest absolute Gasteiger partial charge is 0.329 e. The first-order chi connectivity index (χ1) is 12.4. The Labute approximate surface area is 154 Å². The van der Waals surface area contributed by atoms with Gasteiger partial charge in [-0.05, 0) is 43.5 Å². The van der Waals surface area contributed by atoms with E-state index in [1.165, 1.54) is 31.3 Å². The third kappa shape index (κ3) is 5.16. The molecule has 7 nitrogen and oxygen atoms in total. The van der Waals surface area contributed by atoms with E-state index in [4.69, 9.17) is 10.00 Å². The van der Waals surface area contributed by atoms with Gasteiger partial charge in [0.25, 0.3) is 11.8 Å². The zero-order valence-corrected chi connectivity index (χ0v) is 15.0. The van der Waals surface area contributed by atoms with Gasteiger partial charge in [-0.15, -0.1) is 11.3 Å². The lowest BCUT2D eigenvalue weighted by molar-refractivity contribution is -0.154. The number of anilines is 1. The van der Waals surface area contributed by atoms with E-state index in [0.29, 0.717) is 16.1 Å². The van der Waals surface area contributed by atoms with Gasteiger partial charge in [0.05, 0.1) is 16.5 Å². The van der Waals surface area contributed by atoms with E-state index in [-0.39, 0.29) is 5.91 Å². The molecule has 0 bridgehead atoms. The summed E-state index contributed by atoms with van der Waals surface area (Å²) < 4.78 is 5.09. The van der Waals surface area contributed by atoms with Gasteiger partial charge in [0.1, 0.15) is 6.04 Å². The van der Waals surface area contributed by atoms with Crippen molar-refractivity contribution in [1.29, 1.82) is 5.26 Å². The Kier molecular flexibility index (Phi) is 6.47. The molecule has 0 fully saturated rings. The SMILES string of the molecule is CC(NC(=O)c1cccs1)C(=O)OC(C)C(=O)Nc1cccc(C#N)c1. The maximum Gasteiger partial charge on any atom is 0.329 e. The zero-order chi connectivity index (χ0) is 19.1. The van der Waals surface area contributed by atoms with Gasteiger partial charge in [-0.1, -0.05) is 12.1 Å². The number of benzene rings is 1. The predicted octanol–water partition coefficient (Wildman–Crippen LogP) is 2.31. The van der Waals surface area contributed by atoms with Crippen LogP contribution in [0, 0.1) is 11.3 Å². The maximum atomic E-state index is 12.1. The van der Waals surface area contributed by atoms with Crippen molar-refractivity contribution in [3.05, 3.63) is 52.2 Å². The number of amides is 2. The zero-order valence-electron chi connectivity index (χ0n) is 14.2. The minimum absolute atomic E-state index is 0.380. The third-order valence-corrected chi connectivity index (χ3v) is 4.24.